The summed E-state index contributed by atoms with van der Waals surface area (Å²) in [7, 11) is 0. The van der Waals surface area contributed by atoms with Gasteiger partial charge in [-0.15, -0.1) is 11.3 Å². The molecule has 2 heterocycles. The number of anilines is 2. The van der Waals surface area contributed by atoms with Gasteiger partial charge in [0, 0.05) is 11.4 Å². The molecule has 2 aromatic heterocycles. The monoisotopic (exact) mass is 528 g/mol. The van der Waals surface area contributed by atoms with Crippen LogP contribution in [0.1, 0.15) is 46.1 Å². The molecule has 2 N–H and O–H groups in total. The molecule has 0 aliphatic heterocycles. The fourth-order valence-corrected chi connectivity index (χ4v) is 4.76. The van der Waals surface area contributed by atoms with Gasteiger partial charge in [-0.25, -0.2) is 4.98 Å². The highest BCUT2D eigenvalue weighted by atomic mass is 32.1. The third kappa shape index (κ3) is 5.72. The summed E-state index contributed by atoms with van der Waals surface area (Å²) in [5.74, 6) is -0.626. The Balaban J connectivity index is 1.51. The number of hydrogen-bond donors (Lipinski definition) is 2. The predicted octanol–water partition coefficient (Wildman–Crippen LogP) is 5.80. The van der Waals surface area contributed by atoms with Crippen LogP contribution in [0.25, 0.3) is 10.2 Å². The highest BCUT2D eigenvalue weighted by molar-refractivity contribution is 7.20. The second-order valence-electron chi connectivity index (χ2n) is 8.77. The Morgan fingerprint density at radius 2 is 1.59 bits per heavy atom. The normalized spacial score (nSPS) is 11.6. The molecule has 0 bridgehead atoms. The zero-order valence-electron chi connectivity index (χ0n) is 20.1. The third-order valence-electron chi connectivity index (χ3n) is 5.77. The van der Waals surface area contributed by atoms with Crippen molar-refractivity contribution in [2.24, 2.45) is 0 Å². The molecule has 4 aromatic rings. The van der Waals surface area contributed by atoms with Gasteiger partial charge in [0.1, 0.15) is 11.4 Å². The van der Waals surface area contributed by atoms with E-state index in [9.17, 15) is 27.6 Å². The zero-order chi connectivity index (χ0) is 26.9. The molecular formula is C26H23F3N4O3S. The third-order valence-corrected chi connectivity index (χ3v) is 6.97. The first kappa shape index (κ1) is 26.1. The molecular weight excluding hydrogens is 505 g/mol. The lowest BCUT2D eigenvalue weighted by Crippen LogP contribution is -2.28. The number of carbonyl (C=O) groups is 2. The number of fused-ring (bicyclic) bond motifs is 1. The second kappa shape index (κ2) is 10.2. The maximum absolute atomic E-state index is 13.1. The summed E-state index contributed by atoms with van der Waals surface area (Å²) in [4.78, 5) is 43.2. The van der Waals surface area contributed by atoms with Crippen LogP contribution in [-0.2, 0) is 17.5 Å². The molecule has 0 radical (unpaired) electrons. The first-order valence-electron chi connectivity index (χ1n) is 11.3. The zero-order valence-corrected chi connectivity index (χ0v) is 21.0. The van der Waals surface area contributed by atoms with Crippen LogP contribution in [0.5, 0.6) is 0 Å². The van der Waals surface area contributed by atoms with Crippen molar-refractivity contribution in [2.75, 3.05) is 10.6 Å². The molecule has 4 rings (SSSR count). The van der Waals surface area contributed by atoms with Crippen LogP contribution in [-0.4, -0.2) is 21.4 Å². The van der Waals surface area contributed by atoms with Crippen molar-refractivity contribution in [1.29, 1.82) is 0 Å². The van der Waals surface area contributed by atoms with Crippen LogP contribution >= 0.6 is 11.3 Å². The van der Waals surface area contributed by atoms with Crippen LogP contribution in [0.15, 0.2) is 59.7 Å². The van der Waals surface area contributed by atoms with Gasteiger partial charge in [-0.3, -0.25) is 19.0 Å². The van der Waals surface area contributed by atoms with Crippen LogP contribution in [0.4, 0.5) is 24.5 Å². The summed E-state index contributed by atoms with van der Waals surface area (Å²) in [6.07, 6.45) is -3.23. The van der Waals surface area contributed by atoms with Gasteiger partial charge >= 0.3 is 6.18 Å². The summed E-state index contributed by atoms with van der Waals surface area (Å²) >= 11 is 0.990. The average Bonchev–Trinajstić information content (AvgIpc) is 3.18. The van der Waals surface area contributed by atoms with Crippen LogP contribution < -0.4 is 16.2 Å². The van der Waals surface area contributed by atoms with E-state index in [0.717, 1.165) is 45.7 Å². The molecule has 2 amide bonds. The molecule has 0 spiro atoms. The molecule has 0 saturated carbocycles. The molecule has 0 aliphatic rings. The molecule has 0 aliphatic carbocycles. The molecule has 0 atom stereocenters. The van der Waals surface area contributed by atoms with Crippen molar-refractivity contribution in [2.45, 2.75) is 39.4 Å². The van der Waals surface area contributed by atoms with Gasteiger partial charge in [0.2, 0.25) is 5.91 Å². The topological polar surface area (TPSA) is 93.1 Å². The fraction of sp³-hybridized carbons (Fsp3) is 0.231. The first-order chi connectivity index (χ1) is 17.4. The standard InChI is InChI=1S/C26H23F3N4O3S/c1-14(2)16-4-8-18(9-5-16)31-20(34)12-33-13-30-24-21(25(33)36)15(3)22(37-24)23(35)32-19-10-6-17(7-11-19)26(27,28)29/h4-11,13-14H,12H2,1-3H3,(H,31,34)(H,32,35). The number of carbonyl (C=O) groups excluding carboxylic acids is 2. The van der Waals surface area contributed by atoms with Gasteiger partial charge in [0.25, 0.3) is 11.5 Å². The summed E-state index contributed by atoms with van der Waals surface area (Å²) in [6, 6.07) is 11.5. The molecule has 192 valence electrons. The van der Waals surface area contributed by atoms with E-state index in [0.29, 0.717) is 22.0 Å². The largest absolute Gasteiger partial charge is 0.416 e. The molecule has 0 unspecified atom stereocenters. The van der Waals surface area contributed by atoms with Crippen molar-refractivity contribution in [3.63, 3.8) is 0 Å². The Morgan fingerprint density at radius 1 is 1.00 bits per heavy atom. The van der Waals surface area contributed by atoms with Crippen molar-refractivity contribution in [3.8, 4) is 0 Å². The Kier molecular flexibility index (Phi) is 7.17. The minimum absolute atomic E-state index is 0.179. The Hall–Kier alpha value is -3.99. The number of thiophene rings is 1. The van der Waals surface area contributed by atoms with E-state index >= 15 is 0 Å². The molecule has 0 fully saturated rings. The number of nitrogens with one attached hydrogen (secondary N) is 2. The van der Waals surface area contributed by atoms with E-state index in [-0.39, 0.29) is 22.5 Å². The van der Waals surface area contributed by atoms with Gasteiger partial charge in [0.05, 0.1) is 22.2 Å². The molecule has 2 aromatic carbocycles. The van der Waals surface area contributed by atoms with E-state index in [4.69, 9.17) is 0 Å². The van der Waals surface area contributed by atoms with Crippen LogP contribution in [0.3, 0.4) is 0 Å². The lowest BCUT2D eigenvalue weighted by molar-refractivity contribution is -0.137. The number of benzene rings is 2. The van der Waals surface area contributed by atoms with E-state index < -0.39 is 29.1 Å². The van der Waals surface area contributed by atoms with Gasteiger partial charge in [-0.2, -0.15) is 13.2 Å². The SMILES string of the molecule is Cc1c(C(=O)Nc2ccc(C(F)(F)F)cc2)sc2ncn(CC(=O)Nc3ccc(C(C)C)cc3)c(=O)c12. The lowest BCUT2D eigenvalue weighted by atomic mass is 10.0. The van der Waals surface area contributed by atoms with Crippen molar-refractivity contribution in [1.82, 2.24) is 9.55 Å². The highest BCUT2D eigenvalue weighted by Crippen LogP contribution is 2.31. The number of rotatable bonds is 6. The van der Waals surface area contributed by atoms with E-state index in [1.54, 1.807) is 19.1 Å². The number of alkyl halides is 3. The van der Waals surface area contributed by atoms with Gasteiger partial charge in [-0.05, 0) is 60.4 Å². The van der Waals surface area contributed by atoms with Crippen molar-refractivity contribution in [3.05, 3.63) is 86.8 Å². The van der Waals surface area contributed by atoms with Crippen molar-refractivity contribution < 1.29 is 22.8 Å². The van der Waals surface area contributed by atoms with Crippen LogP contribution in [0.2, 0.25) is 0 Å². The summed E-state index contributed by atoms with van der Waals surface area (Å²) < 4.78 is 39.5. The van der Waals surface area contributed by atoms with Gasteiger partial charge in [0.15, 0.2) is 0 Å². The van der Waals surface area contributed by atoms with E-state index in [2.05, 4.69) is 29.5 Å². The van der Waals surface area contributed by atoms with Gasteiger partial charge < -0.3 is 10.6 Å². The summed E-state index contributed by atoms with van der Waals surface area (Å²) in [5.41, 5.74) is 0.988. The first-order valence-corrected chi connectivity index (χ1v) is 12.1. The molecule has 11 heteroatoms. The number of halogens is 3. The Morgan fingerprint density at radius 3 is 2.19 bits per heavy atom. The fourth-order valence-electron chi connectivity index (χ4n) is 3.73. The smallest absolute Gasteiger partial charge is 0.325 e. The van der Waals surface area contributed by atoms with E-state index in [1.165, 1.54) is 6.33 Å². The highest BCUT2D eigenvalue weighted by Gasteiger charge is 2.30. The van der Waals surface area contributed by atoms with Gasteiger partial charge in [-0.1, -0.05) is 26.0 Å². The molecule has 0 saturated heterocycles. The number of amides is 2. The quantitative estimate of drug-likeness (QED) is 0.331. The van der Waals surface area contributed by atoms with Crippen molar-refractivity contribution >= 4 is 44.7 Å². The number of nitrogens with zero attached hydrogens (tertiary/aromatic N) is 2. The molecule has 37 heavy (non-hydrogen) atoms. The minimum Gasteiger partial charge on any atom is -0.325 e. The second-order valence-corrected chi connectivity index (χ2v) is 9.77. The Labute approximate surface area is 214 Å². The predicted molar refractivity (Wildman–Crippen MR) is 137 cm³/mol. The Bertz CT molecular complexity index is 1520. The maximum atomic E-state index is 13.1. The molecule has 7 nitrogen and oxygen atoms in total. The minimum atomic E-state index is -4.48. The number of hydrogen-bond acceptors (Lipinski definition) is 5. The summed E-state index contributed by atoms with van der Waals surface area (Å²) in [6.45, 7) is 5.46. The lowest BCUT2D eigenvalue weighted by Gasteiger charge is -2.09. The van der Waals surface area contributed by atoms with E-state index in [1.807, 2.05) is 12.1 Å². The maximum Gasteiger partial charge on any atom is 0.416 e. The number of aryl methyl sites for hydroxylation is 1. The summed E-state index contributed by atoms with van der Waals surface area (Å²) in [5, 5.41) is 5.51. The average molecular weight is 529 g/mol. The number of aromatic nitrogens is 2. The van der Waals surface area contributed by atoms with Crippen LogP contribution in [0, 0.1) is 6.92 Å².